The van der Waals surface area contributed by atoms with E-state index in [1.807, 2.05) is 56.1 Å². The predicted molar refractivity (Wildman–Crippen MR) is 107 cm³/mol. The van der Waals surface area contributed by atoms with Crippen molar-refractivity contribution in [3.63, 3.8) is 0 Å². The van der Waals surface area contributed by atoms with E-state index in [2.05, 4.69) is 22.0 Å². The van der Waals surface area contributed by atoms with Crippen LogP contribution in [0.3, 0.4) is 0 Å². The third kappa shape index (κ3) is 5.54. The Morgan fingerprint density at radius 1 is 1.11 bits per heavy atom. The molecule has 1 saturated heterocycles. The molecular formula is C22H29N3O2. The van der Waals surface area contributed by atoms with Gasteiger partial charge < -0.3 is 9.64 Å². The number of ether oxygens (including phenoxy) is 1. The molecule has 3 rings (SSSR count). The molecule has 1 aliphatic heterocycles. The molecule has 0 aliphatic carbocycles. The average Bonchev–Trinajstić information content (AvgIpc) is 2.66. The van der Waals surface area contributed by atoms with Gasteiger partial charge >= 0.3 is 0 Å². The Labute approximate surface area is 162 Å². The molecule has 0 radical (unpaired) electrons. The van der Waals surface area contributed by atoms with E-state index in [1.54, 1.807) is 0 Å². The van der Waals surface area contributed by atoms with Crippen LogP contribution < -0.4 is 4.74 Å². The van der Waals surface area contributed by atoms with Crippen molar-refractivity contribution in [1.29, 1.82) is 0 Å². The summed E-state index contributed by atoms with van der Waals surface area (Å²) in [5.74, 6) is 0.834. The van der Waals surface area contributed by atoms with E-state index in [0.29, 0.717) is 0 Å². The van der Waals surface area contributed by atoms with Gasteiger partial charge in [-0.3, -0.25) is 14.7 Å². The maximum Gasteiger partial charge on any atom is 0.263 e. The molecule has 5 heteroatoms. The second kappa shape index (κ2) is 9.00. The second-order valence-corrected chi connectivity index (χ2v) is 7.32. The van der Waals surface area contributed by atoms with Gasteiger partial charge in [-0.2, -0.15) is 0 Å². The van der Waals surface area contributed by atoms with Gasteiger partial charge in [-0.05, 0) is 56.2 Å². The Morgan fingerprint density at radius 2 is 1.81 bits per heavy atom. The first-order valence-electron chi connectivity index (χ1n) is 9.67. The van der Waals surface area contributed by atoms with Crippen LogP contribution in [0.4, 0.5) is 0 Å². The van der Waals surface area contributed by atoms with Crippen LogP contribution in [0.2, 0.25) is 0 Å². The minimum Gasteiger partial charge on any atom is -0.481 e. The standard InChI is InChI=1S/C22H29N3O2/c1-17-14-18(2)16-21(15-17)27-19(3)22(26)25-12-10-24(11-13-25)9-7-20-6-4-5-8-23-20/h4-6,8,14-16,19H,7,9-13H2,1-3H3. The summed E-state index contributed by atoms with van der Waals surface area (Å²) >= 11 is 0. The molecule has 1 amide bonds. The molecule has 0 spiro atoms. The summed E-state index contributed by atoms with van der Waals surface area (Å²) in [6.07, 6.45) is 2.32. The number of pyridine rings is 1. The largest absolute Gasteiger partial charge is 0.481 e. The van der Waals surface area contributed by atoms with Crippen molar-refractivity contribution in [3.05, 3.63) is 59.4 Å². The van der Waals surface area contributed by atoms with Crippen molar-refractivity contribution < 1.29 is 9.53 Å². The molecule has 0 N–H and O–H groups in total. The van der Waals surface area contributed by atoms with Crippen LogP contribution in [0.25, 0.3) is 0 Å². The SMILES string of the molecule is Cc1cc(C)cc(OC(C)C(=O)N2CCN(CCc3ccccn3)CC2)c1. The zero-order valence-corrected chi connectivity index (χ0v) is 16.5. The van der Waals surface area contributed by atoms with Crippen molar-refractivity contribution >= 4 is 5.91 Å². The smallest absolute Gasteiger partial charge is 0.263 e. The molecule has 0 saturated carbocycles. The minimum atomic E-state index is -0.466. The average molecular weight is 367 g/mol. The predicted octanol–water partition coefficient (Wildman–Crippen LogP) is 2.85. The number of carbonyl (C=O) groups is 1. The van der Waals surface area contributed by atoms with Gasteiger partial charge in [0.2, 0.25) is 0 Å². The fourth-order valence-corrected chi connectivity index (χ4v) is 3.52. The quantitative estimate of drug-likeness (QED) is 0.788. The molecule has 1 unspecified atom stereocenters. The fourth-order valence-electron chi connectivity index (χ4n) is 3.52. The van der Waals surface area contributed by atoms with E-state index < -0.39 is 6.10 Å². The van der Waals surface area contributed by atoms with Crippen molar-refractivity contribution in [1.82, 2.24) is 14.8 Å². The molecule has 1 fully saturated rings. The van der Waals surface area contributed by atoms with E-state index in [9.17, 15) is 4.79 Å². The van der Waals surface area contributed by atoms with Crippen LogP contribution in [-0.4, -0.2) is 59.5 Å². The van der Waals surface area contributed by atoms with E-state index in [1.165, 1.54) is 0 Å². The number of aromatic nitrogens is 1. The summed E-state index contributed by atoms with van der Waals surface area (Å²) in [5.41, 5.74) is 3.41. The maximum absolute atomic E-state index is 12.7. The lowest BCUT2D eigenvalue weighted by Gasteiger charge is -2.35. The zero-order valence-electron chi connectivity index (χ0n) is 16.5. The molecule has 1 aromatic heterocycles. The first-order chi connectivity index (χ1) is 13.0. The minimum absolute atomic E-state index is 0.0681. The fraction of sp³-hybridized carbons (Fsp3) is 0.455. The first-order valence-corrected chi connectivity index (χ1v) is 9.67. The van der Waals surface area contributed by atoms with Gasteiger partial charge in [0.15, 0.2) is 6.10 Å². The monoisotopic (exact) mass is 367 g/mol. The molecule has 1 atom stereocenters. The van der Waals surface area contributed by atoms with Gasteiger partial charge in [0.1, 0.15) is 5.75 Å². The van der Waals surface area contributed by atoms with Crippen LogP contribution in [0.15, 0.2) is 42.6 Å². The van der Waals surface area contributed by atoms with Gasteiger partial charge in [-0.15, -0.1) is 0 Å². The Morgan fingerprint density at radius 3 is 2.44 bits per heavy atom. The highest BCUT2D eigenvalue weighted by molar-refractivity contribution is 5.81. The summed E-state index contributed by atoms with van der Waals surface area (Å²) in [7, 11) is 0. The van der Waals surface area contributed by atoms with Crippen LogP contribution in [0.5, 0.6) is 5.75 Å². The summed E-state index contributed by atoms with van der Waals surface area (Å²) in [5, 5.41) is 0. The lowest BCUT2D eigenvalue weighted by molar-refractivity contribution is -0.139. The van der Waals surface area contributed by atoms with Crippen molar-refractivity contribution in [3.8, 4) is 5.75 Å². The summed E-state index contributed by atoms with van der Waals surface area (Å²) in [6.45, 7) is 10.2. The number of carbonyl (C=O) groups excluding carboxylic acids is 1. The van der Waals surface area contributed by atoms with E-state index in [0.717, 1.165) is 61.7 Å². The van der Waals surface area contributed by atoms with Crippen LogP contribution in [-0.2, 0) is 11.2 Å². The molecule has 2 aromatic rings. The van der Waals surface area contributed by atoms with E-state index >= 15 is 0 Å². The summed E-state index contributed by atoms with van der Waals surface area (Å²) in [4.78, 5) is 21.4. The molecule has 144 valence electrons. The number of benzene rings is 1. The Kier molecular flexibility index (Phi) is 6.45. The Bertz CT molecular complexity index is 735. The third-order valence-corrected chi connectivity index (χ3v) is 4.95. The van der Waals surface area contributed by atoms with E-state index in [4.69, 9.17) is 4.74 Å². The highest BCUT2D eigenvalue weighted by Crippen LogP contribution is 2.18. The van der Waals surface area contributed by atoms with Crippen LogP contribution in [0, 0.1) is 13.8 Å². The first kappa shape index (κ1) is 19.4. The van der Waals surface area contributed by atoms with Crippen molar-refractivity contribution in [2.24, 2.45) is 0 Å². The van der Waals surface area contributed by atoms with Gasteiger partial charge in [0, 0.05) is 51.0 Å². The highest BCUT2D eigenvalue weighted by atomic mass is 16.5. The Hall–Kier alpha value is -2.40. The molecule has 1 aliphatic rings. The van der Waals surface area contributed by atoms with Gasteiger partial charge in [0.05, 0.1) is 0 Å². The third-order valence-electron chi connectivity index (χ3n) is 4.95. The normalized spacial score (nSPS) is 16.2. The van der Waals surface area contributed by atoms with Gasteiger partial charge in [0.25, 0.3) is 5.91 Å². The van der Waals surface area contributed by atoms with Crippen LogP contribution in [0.1, 0.15) is 23.7 Å². The number of nitrogens with zero attached hydrogens (tertiary/aromatic N) is 3. The summed E-state index contributed by atoms with van der Waals surface area (Å²) < 4.78 is 5.91. The topological polar surface area (TPSA) is 45.7 Å². The molecule has 5 nitrogen and oxygen atoms in total. The van der Waals surface area contributed by atoms with Gasteiger partial charge in [-0.1, -0.05) is 12.1 Å². The number of aryl methyl sites for hydroxylation is 2. The highest BCUT2D eigenvalue weighted by Gasteiger charge is 2.26. The molecule has 0 bridgehead atoms. The summed E-state index contributed by atoms with van der Waals surface area (Å²) in [6, 6.07) is 12.1. The number of hydrogen-bond donors (Lipinski definition) is 0. The number of piperazine rings is 1. The number of rotatable bonds is 6. The number of hydrogen-bond acceptors (Lipinski definition) is 4. The second-order valence-electron chi connectivity index (χ2n) is 7.32. The van der Waals surface area contributed by atoms with Crippen LogP contribution >= 0.6 is 0 Å². The van der Waals surface area contributed by atoms with E-state index in [-0.39, 0.29) is 5.91 Å². The number of amides is 1. The van der Waals surface area contributed by atoms with Crippen molar-refractivity contribution in [2.75, 3.05) is 32.7 Å². The zero-order chi connectivity index (χ0) is 19.2. The molecule has 1 aromatic carbocycles. The van der Waals surface area contributed by atoms with Crippen molar-refractivity contribution in [2.45, 2.75) is 33.3 Å². The molecular weight excluding hydrogens is 338 g/mol. The molecule has 27 heavy (non-hydrogen) atoms. The lowest BCUT2D eigenvalue weighted by Crippen LogP contribution is -2.52. The maximum atomic E-state index is 12.7. The van der Waals surface area contributed by atoms with Gasteiger partial charge in [-0.25, -0.2) is 0 Å². The lowest BCUT2D eigenvalue weighted by atomic mass is 10.1. The molecule has 2 heterocycles. The Balaban J connectivity index is 1.46.